The topological polar surface area (TPSA) is 73.0 Å². The molecular weight excluding hydrogens is 488 g/mol. The zero-order valence-electron chi connectivity index (χ0n) is 21.0. The Morgan fingerprint density at radius 1 is 0.892 bits per heavy atom. The van der Waals surface area contributed by atoms with Crippen LogP contribution in [0.3, 0.4) is 0 Å². The maximum Gasteiger partial charge on any atom is 0.255 e. The first-order chi connectivity index (χ1) is 17.9. The van der Waals surface area contributed by atoms with Crippen LogP contribution in [0.1, 0.15) is 58.6 Å². The Morgan fingerprint density at radius 3 is 2.35 bits per heavy atom. The molecule has 3 unspecified atom stereocenters. The molecule has 8 heteroatoms. The van der Waals surface area contributed by atoms with E-state index in [1.807, 2.05) is 24.3 Å². The number of amides is 3. The van der Waals surface area contributed by atoms with Gasteiger partial charge in [0.1, 0.15) is 6.04 Å². The van der Waals surface area contributed by atoms with E-state index in [0.717, 1.165) is 55.8 Å². The predicted octanol–water partition coefficient (Wildman–Crippen LogP) is 3.41. The Labute approximate surface area is 222 Å². The molecule has 7 nitrogen and oxygen atoms in total. The fourth-order valence-corrected chi connectivity index (χ4v) is 6.51. The highest BCUT2D eigenvalue weighted by Crippen LogP contribution is 2.43. The largest absolute Gasteiger partial charge is 0.322 e. The number of hydrogen-bond acceptors (Lipinski definition) is 5. The number of rotatable bonds is 6. The molecule has 3 heterocycles. The van der Waals surface area contributed by atoms with Gasteiger partial charge in [0.15, 0.2) is 0 Å². The first-order valence-corrected chi connectivity index (χ1v) is 13.8. The van der Waals surface area contributed by atoms with Crippen LogP contribution in [0.2, 0.25) is 5.02 Å². The van der Waals surface area contributed by atoms with E-state index in [2.05, 4.69) is 33.3 Å². The molecular formula is C29H33ClN4O3. The van der Waals surface area contributed by atoms with Gasteiger partial charge in [0.05, 0.1) is 0 Å². The summed E-state index contributed by atoms with van der Waals surface area (Å²) in [5.41, 5.74) is 4.27. The molecule has 2 aromatic rings. The van der Waals surface area contributed by atoms with Crippen LogP contribution in [0.15, 0.2) is 42.5 Å². The molecule has 3 amide bonds. The van der Waals surface area contributed by atoms with E-state index in [4.69, 9.17) is 11.6 Å². The summed E-state index contributed by atoms with van der Waals surface area (Å²) >= 11 is 6.07. The van der Waals surface area contributed by atoms with Crippen LogP contribution < -0.4 is 5.32 Å². The highest BCUT2D eigenvalue weighted by Gasteiger charge is 2.39. The van der Waals surface area contributed by atoms with Gasteiger partial charge in [-0.15, -0.1) is 0 Å². The lowest BCUT2D eigenvalue weighted by molar-refractivity contribution is -0.136. The van der Waals surface area contributed by atoms with Gasteiger partial charge in [0.25, 0.3) is 5.91 Å². The number of carbonyl (C=O) groups is 3. The smallest absolute Gasteiger partial charge is 0.255 e. The molecule has 0 aromatic heterocycles. The van der Waals surface area contributed by atoms with E-state index < -0.39 is 6.04 Å². The number of imide groups is 1. The summed E-state index contributed by atoms with van der Waals surface area (Å²) in [7, 11) is 0. The average molecular weight is 521 g/mol. The van der Waals surface area contributed by atoms with Gasteiger partial charge in [0, 0.05) is 62.8 Å². The SMILES string of the molecule is O=C1CCC(N2Cc3cc(CN4CCN(CC5CCC5c5ccc(Cl)cc5)CC4)ccc3C2=O)C(=O)N1. The van der Waals surface area contributed by atoms with Gasteiger partial charge in [-0.2, -0.15) is 0 Å². The average Bonchev–Trinajstić information content (AvgIpc) is 3.19. The Balaban J connectivity index is 1.01. The molecule has 37 heavy (non-hydrogen) atoms. The molecule has 1 N–H and O–H groups in total. The minimum absolute atomic E-state index is 0.113. The number of halogens is 1. The minimum Gasteiger partial charge on any atom is -0.322 e. The van der Waals surface area contributed by atoms with Gasteiger partial charge in [-0.3, -0.25) is 24.6 Å². The summed E-state index contributed by atoms with van der Waals surface area (Å²) in [6.45, 7) is 6.70. The van der Waals surface area contributed by atoms with Crippen LogP contribution in [0.25, 0.3) is 0 Å². The van der Waals surface area contributed by atoms with Crippen molar-refractivity contribution in [1.82, 2.24) is 20.0 Å². The molecule has 1 saturated carbocycles. The molecule has 1 aliphatic carbocycles. The second-order valence-corrected chi connectivity index (χ2v) is 11.4. The van der Waals surface area contributed by atoms with E-state index in [0.29, 0.717) is 24.4 Å². The van der Waals surface area contributed by atoms with Crippen LogP contribution in [-0.4, -0.2) is 71.2 Å². The third-order valence-corrected chi connectivity index (χ3v) is 8.92. The van der Waals surface area contributed by atoms with Crippen molar-refractivity contribution in [2.45, 2.75) is 50.7 Å². The highest BCUT2D eigenvalue weighted by molar-refractivity contribution is 6.30. The number of piperidine rings is 1. The molecule has 194 valence electrons. The van der Waals surface area contributed by atoms with Crippen molar-refractivity contribution in [2.75, 3.05) is 32.7 Å². The molecule has 3 fully saturated rings. The molecule has 2 saturated heterocycles. The summed E-state index contributed by atoms with van der Waals surface area (Å²) in [5.74, 6) is 0.648. The molecule has 4 aliphatic rings. The lowest BCUT2D eigenvalue weighted by Crippen LogP contribution is -2.52. The zero-order valence-corrected chi connectivity index (χ0v) is 21.8. The fourth-order valence-electron chi connectivity index (χ4n) is 6.38. The number of hydrogen-bond donors (Lipinski definition) is 1. The van der Waals surface area contributed by atoms with Crippen LogP contribution >= 0.6 is 11.6 Å². The summed E-state index contributed by atoms with van der Waals surface area (Å²) in [6, 6.07) is 13.9. The molecule has 3 atom stereocenters. The van der Waals surface area contributed by atoms with E-state index in [-0.39, 0.29) is 24.1 Å². The molecule has 2 aromatic carbocycles. The second kappa shape index (κ2) is 10.2. The molecule has 3 aliphatic heterocycles. The highest BCUT2D eigenvalue weighted by atomic mass is 35.5. The van der Waals surface area contributed by atoms with Gasteiger partial charge in [-0.25, -0.2) is 0 Å². The van der Waals surface area contributed by atoms with Crippen LogP contribution in [0, 0.1) is 5.92 Å². The van der Waals surface area contributed by atoms with E-state index in [9.17, 15) is 14.4 Å². The zero-order chi connectivity index (χ0) is 25.5. The van der Waals surface area contributed by atoms with E-state index in [1.54, 1.807) is 4.90 Å². The quantitative estimate of drug-likeness (QED) is 0.591. The lowest BCUT2D eigenvalue weighted by Gasteiger charge is -2.43. The minimum atomic E-state index is -0.566. The molecule has 6 rings (SSSR count). The Hall–Kier alpha value is -2.74. The van der Waals surface area contributed by atoms with Crippen molar-refractivity contribution in [3.63, 3.8) is 0 Å². The number of carbonyl (C=O) groups excluding carboxylic acids is 3. The molecule has 0 radical (unpaired) electrons. The monoisotopic (exact) mass is 520 g/mol. The van der Waals surface area contributed by atoms with Crippen LogP contribution in [0.4, 0.5) is 0 Å². The number of nitrogens with zero attached hydrogens (tertiary/aromatic N) is 3. The maximum absolute atomic E-state index is 12.9. The Morgan fingerprint density at radius 2 is 1.65 bits per heavy atom. The van der Waals surface area contributed by atoms with Crippen molar-refractivity contribution in [1.29, 1.82) is 0 Å². The lowest BCUT2D eigenvalue weighted by atomic mass is 9.70. The van der Waals surface area contributed by atoms with Crippen molar-refractivity contribution in [3.8, 4) is 0 Å². The van der Waals surface area contributed by atoms with Crippen molar-refractivity contribution >= 4 is 29.3 Å². The number of nitrogens with one attached hydrogen (secondary N) is 1. The fraction of sp³-hybridized carbons (Fsp3) is 0.483. The summed E-state index contributed by atoms with van der Waals surface area (Å²) in [4.78, 5) is 43.5. The summed E-state index contributed by atoms with van der Waals surface area (Å²) in [6.07, 6.45) is 3.24. The van der Waals surface area contributed by atoms with E-state index >= 15 is 0 Å². The molecule has 0 spiro atoms. The van der Waals surface area contributed by atoms with Crippen molar-refractivity contribution < 1.29 is 14.4 Å². The van der Waals surface area contributed by atoms with Crippen molar-refractivity contribution in [2.24, 2.45) is 5.92 Å². The Kier molecular flexibility index (Phi) is 6.78. The third-order valence-electron chi connectivity index (χ3n) is 8.67. The van der Waals surface area contributed by atoms with Crippen LogP contribution in [-0.2, 0) is 22.7 Å². The number of benzene rings is 2. The Bertz CT molecular complexity index is 1210. The van der Waals surface area contributed by atoms with E-state index in [1.165, 1.54) is 24.0 Å². The van der Waals surface area contributed by atoms with Gasteiger partial charge >= 0.3 is 0 Å². The first-order valence-electron chi connectivity index (χ1n) is 13.4. The van der Waals surface area contributed by atoms with Crippen LogP contribution in [0.5, 0.6) is 0 Å². The maximum atomic E-state index is 12.9. The summed E-state index contributed by atoms with van der Waals surface area (Å²) < 4.78 is 0. The second-order valence-electron chi connectivity index (χ2n) is 11.0. The number of fused-ring (bicyclic) bond motifs is 1. The van der Waals surface area contributed by atoms with Crippen molar-refractivity contribution in [3.05, 3.63) is 69.7 Å². The molecule has 0 bridgehead atoms. The van der Waals surface area contributed by atoms with Gasteiger partial charge in [0.2, 0.25) is 11.8 Å². The first kappa shape index (κ1) is 24.6. The summed E-state index contributed by atoms with van der Waals surface area (Å²) in [5, 5.41) is 3.17. The number of piperazine rings is 1. The van der Waals surface area contributed by atoms with Gasteiger partial charge in [-0.05, 0) is 66.0 Å². The van der Waals surface area contributed by atoms with Gasteiger partial charge < -0.3 is 9.80 Å². The normalized spacial score (nSPS) is 26.7. The predicted molar refractivity (Wildman–Crippen MR) is 141 cm³/mol. The third kappa shape index (κ3) is 5.05. The van der Waals surface area contributed by atoms with Gasteiger partial charge in [-0.1, -0.05) is 35.9 Å². The standard InChI is InChI=1S/C29H33ClN4O3/c30-23-5-2-20(3-6-23)24-8-4-21(24)17-33-13-11-32(12-14-33)16-19-1-7-25-22(15-19)18-34(29(25)37)26-9-10-27(35)31-28(26)36/h1-3,5-7,15,21,24,26H,4,8-14,16-18H2,(H,31,35,36).